The van der Waals surface area contributed by atoms with Crippen molar-refractivity contribution in [2.24, 2.45) is 11.7 Å². The Labute approximate surface area is 118 Å². The number of amides is 1. The van der Waals surface area contributed by atoms with Crippen molar-refractivity contribution < 1.29 is 14.3 Å². The molecule has 1 aromatic rings. The number of hydrogen-bond acceptors (Lipinski definition) is 4. The Hall–Kier alpha value is -1.75. The minimum atomic E-state index is -0.877. The van der Waals surface area contributed by atoms with Crippen molar-refractivity contribution in [2.75, 3.05) is 19.8 Å². The van der Waals surface area contributed by atoms with E-state index >= 15 is 0 Å². The number of rotatable bonds is 5. The van der Waals surface area contributed by atoms with Crippen molar-refractivity contribution in [3.05, 3.63) is 23.8 Å². The number of ether oxygens (including phenoxy) is 2. The molecule has 1 aromatic carbocycles. The van der Waals surface area contributed by atoms with Gasteiger partial charge in [0, 0.05) is 0 Å². The maximum absolute atomic E-state index is 11.9. The third-order valence-corrected chi connectivity index (χ3v) is 4.05. The molecule has 20 heavy (non-hydrogen) atoms. The first-order valence-electron chi connectivity index (χ1n) is 7.04. The lowest BCUT2D eigenvalue weighted by Crippen LogP contribution is -2.51. The molecule has 5 nitrogen and oxygen atoms in total. The summed E-state index contributed by atoms with van der Waals surface area (Å²) in [6, 6.07) is 5.56. The molecule has 3 rings (SSSR count). The molecule has 0 saturated heterocycles. The lowest BCUT2D eigenvalue weighted by atomic mass is 9.90. The van der Waals surface area contributed by atoms with E-state index in [-0.39, 0.29) is 5.91 Å². The third kappa shape index (κ3) is 2.45. The first kappa shape index (κ1) is 13.2. The van der Waals surface area contributed by atoms with E-state index in [0.717, 1.165) is 12.1 Å². The Kier molecular flexibility index (Phi) is 3.30. The van der Waals surface area contributed by atoms with Crippen LogP contribution in [0.2, 0.25) is 0 Å². The highest BCUT2D eigenvalue weighted by Gasteiger charge is 2.35. The second kappa shape index (κ2) is 4.98. The van der Waals surface area contributed by atoms with E-state index in [2.05, 4.69) is 5.32 Å². The van der Waals surface area contributed by atoms with Crippen LogP contribution in [0.15, 0.2) is 18.2 Å². The molecule has 0 spiro atoms. The van der Waals surface area contributed by atoms with Gasteiger partial charge in [-0.25, -0.2) is 0 Å². The van der Waals surface area contributed by atoms with Crippen LogP contribution in [0.5, 0.6) is 11.5 Å². The van der Waals surface area contributed by atoms with E-state index in [9.17, 15) is 4.79 Å². The van der Waals surface area contributed by atoms with Crippen LogP contribution >= 0.6 is 0 Å². The summed E-state index contributed by atoms with van der Waals surface area (Å²) in [7, 11) is 0. The molecule has 0 radical (unpaired) electrons. The number of nitrogens with two attached hydrogens (primary N) is 1. The smallest absolute Gasteiger partial charge is 0.242 e. The van der Waals surface area contributed by atoms with Crippen LogP contribution in [-0.4, -0.2) is 25.7 Å². The second-order valence-corrected chi connectivity index (χ2v) is 5.67. The van der Waals surface area contributed by atoms with Crippen LogP contribution in [-0.2, 0) is 10.3 Å². The Balaban J connectivity index is 1.87. The number of carbonyl (C=O) groups excluding carboxylic acids is 1. The van der Waals surface area contributed by atoms with Gasteiger partial charge in [-0.2, -0.15) is 0 Å². The van der Waals surface area contributed by atoms with Gasteiger partial charge in [0.1, 0.15) is 18.8 Å². The van der Waals surface area contributed by atoms with E-state index in [1.54, 1.807) is 0 Å². The zero-order valence-electron chi connectivity index (χ0n) is 11.6. The van der Waals surface area contributed by atoms with E-state index in [1.807, 2.05) is 25.1 Å². The molecule has 1 heterocycles. The van der Waals surface area contributed by atoms with Crippen LogP contribution in [0.4, 0.5) is 0 Å². The van der Waals surface area contributed by atoms with Gasteiger partial charge >= 0.3 is 0 Å². The third-order valence-electron chi connectivity index (χ3n) is 4.05. The average Bonchev–Trinajstić information content (AvgIpc) is 3.28. The SMILES string of the molecule is CC(NCC1CC1)(C(N)=O)c1ccc2c(c1)OCCO2. The fraction of sp³-hybridized carbons (Fsp3) is 0.533. The normalized spacial score (nSPS) is 20.2. The topological polar surface area (TPSA) is 73.6 Å². The van der Waals surface area contributed by atoms with Gasteiger partial charge in [0.25, 0.3) is 0 Å². The summed E-state index contributed by atoms with van der Waals surface area (Å²) in [4.78, 5) is 11.9. The molecule has 1 amide bonds. The maximum atomic E-state index is 11.9. The molecule has 1 aliphatic heterocycles. The molecule has 1 saturated carbocycles. The van der Waals surface area contributed by atoms with Gasteiger partial charge in [-0.05, 0) is 49.9 Å². The number of carbonyl (C=O) groups is 1. The summed E-state index contributed by atoms with van der Waals surface area (Å²) >= 11 is 0. The van der Waals surface area contributed by atoms with Crippen molar-refractivity contribution in [1.82, 2.24) is 5.32 Å². The van der Waals surface area contributed by atoms with E-state index < -0.39 is 5.54 Å². The molecule has 108 valence electrons. The van der Waals surface area contributed by atoms with Crippen LogP contribution in [0, 0.1) is 5.92 Å². The van der Waals surface area contributed by atoms with E-state index in [0.29, 0.717) is 30.6 Å². The number of benzene rings is 1. The van der Waals surface area contributed by atoms with Crippen LogP contribution < -0.4 is 20.5 Å². The number of primary amides is 1. The molecule has 1 unspecified atom stereocenters. The van der Waals surface area contributed by atoms with Crippen LogP contribution in [0.25, 0.3) is 0 Å². The Morgan fingerprint density at radius 1 is 1.35 bits per heavy atom. The Bertz CT molecular complexity index is 528. The highest BCUT2D eigenvalue weighted by atomic mass is 16.6. The summed E-state index contributed by atoms with van der Waals surface area (Å²) in [5.41, 5.74) is 5.55. The fourth-order valence-corrected chi connectivity index (χ4v) is 2.36. The highest BCUT2D eigenvalue weighted by molar-refractivity contribution is 5.86. The first-order valence-corrected chi connectivity index (χ1v) is 7.04. The van der Waals surface area contributed by atoms with Gasteiger partial charge in [-0.15, -0.1) is 0 Å². The van der Waals surface area contributed by atoms with Gasteiger partial charge in [0.05, 0.1) is 0 Å². The Morgan fingerprint density at radius 3 is 2.70 bits per heavy atom. The molecular formula is C15H20N2O3. The summed E-state index contributed by atoms with van der Waals surface area (Å²) < 4.78 is 11.1. The monoisotopic (exact) mass is 276 g/mol. The van der Waals surface area contributed by atoms with Gasteiger partial charge in [-0.1, -0.05) is 6.07 Å². The molecule has 1 atom stereocenters. The van der Waals surface area contributed by atoms with E-state index in [1.165, 1.54) is 12.8 Å². The van der Waals surface area contributed by atoms with Crippen molar-refractivity contribution >= 4 is 5.91 Å². The zero-order valence-corrected chi connectivity index (χ0v) is 11.6. The molecule has 3 N–H and O–H groups in total. The molecule has 2 aliphatic rings. The second-order valence-electron chi connectivity index (χ2n) is 5.67. The predicted molar refractivity (Wildman–Crippen MR) is 74.7 cm³/mol. The van der Waals surface area contributed by atoms with Gasteiger partial charge in [0.15, 0.2) is 11.5 Å². The number of hydrogen-bond donors (Lipinski definition) is 2. The molecule has 0 bridgehead atoms. The molecule has 0 aromatic heterocycles. The quantitative estimate of drug-likeness (QED) is 0.846. The maximum Gasteiger partial charge on any atom is 0.242 e. The highest BCUT2D eigenvalue weighted by Crippen LogP contribution is 2.35. The summed E-state index contributed by atoms with van der Waals surface area (Å²) in [6.45, 7) is 3.72. The van der Waals surface area contributed by atoms with Crippen LogP contribution in [0.1, 0.15) is 25.3 Å². The largest absolute Gasteiger partial charge is 0.486 e. The van der Waals surface area contributed by atoms with Gasteiger partial charge in [0.2, 0.25) is 5.91 Å². The average molecular weight is 276 g/mol. The van der Waals surface area contributed by atoms with Crippen molar-refractivity contribution in [2.45, 2.75) is 25.3 Å². The summed E-state index contributed by atoms with van der Waals surface area (Å²) in [5.74, 6) is 1.68. The van der Waals surface area contributed by atoms with Crippen molar-refractivity contribution in [3.8, 4) is 11.5 Å². The Morgan fingerprint density at radius 2 is 2.05 bits per heavy atom. The van der Waals surface area contributed by atoms with E-state index in [4.69, 9.17) is 15.2 Å². The molecule has 1 fully saturated rings. The fourth-order valence-electron chi connectivity index (χ4n) is 2.36. The number of nitrogens with one attached hydrogen (secondary N) is 1. The molecule has 5 heteroatoms. The zero-order chi connectivity index (χ0) is 14.2. The number of fused-ring (bicyclic) bond motifs is 1. The van der Waals surface area contributed by atoms with Crippen LogP contribution in [0.3, 0.4) is 0 Å². The van der Waals surface area contributed by atoms with Crippen molar-refractivity contribution in [1.29, 1.82) is 0 Å². The van der Waals surface area contributed by atoms with Gasteiger partial charge in [-0.3, -0.25) is 10.1 Å². The lowest BCUT2D eigenvalue weighted by Gasteiger charge is -2.29. The van der Waals surface area contributed by atoms with Gasteiger partial charge < -0.3 is 15.2 Å². The minimum absolute atomic E-state index is 0.380. The summed E-state index contributed by atoms with van der Waals surface area (Å²) in [5, 5.41) is 3.31. The predicted octanol–water partition coefficient (Wildman–Crippen LogP) is 1.16. The molecular weight excluding hydrogens is 256 g/mol. The summed E-state index contributed by atoms with van der Waals surface area (Å²) in [6.07, 6.45) is 2.45. The first-order chi connectivity index (χ1) is 9.59. The van der Waals surface area contributed by atoms with Crippen molar-refractivity contribution in [3.63, 3.8) is 0 Å². The standard InChI is InChI=1S/C15H20N2O3/c1-15(14(16)18,17-9-10-2-3-10)11-4-5-12-13(8-11)20-7-6-19-12/h4-5,8,10,17H,2-3,6-7,9H2,1H3,(H2,16,18). The minimum Gasteiger partial charge on any atom is -0.486 e. The lowest BCUT2D eigenvalue weighted by molar-refractivity contribution is -0.124. The molecule has 1 aliphatic carbocycles.